The van der Waals surface area contributed by atoms with Gasteiger partial charge in [-0.15, -0.1) is 11.3 Å². The van der Waals surface area contributed by atoms with Crippen molar-refractivity contribution in [2.75, 3.05) is 5.32 Å². The van der Waals surface area contributed by atoms with Crippen molar-refractivity contribution in [2.45, 2.75) is 6.92 Å². The van der Waals surface area contributed by atoms with Gasteiger partial charge in [0.1, 0.15) is 11.6 Å². The van der Waals surface area contributed by atoms with Crippen LogP contribution in [0.4, 0.5) is 5.69 Å². The van der Waals surface area contributed by atoms with Gasteiger partial charge in [-0.1, -0.05) is 23.7 Å². The highest BCUT2D eigenvalue weighted by Crippen LogP contribution is 2.22. The third-order valence-corrected chi connectivity index (χ3v) is 3.96. The van der Waals surface area contributed by atoms with E-state index in [-0.39, 0.29) is 5.57 Å². The lowest BCUT2D eigenvalue weighted by Crippen LogP contribution is -2.13. The van der Waals surface area contributed by atoms with Crippen LogP contribution in [0.15, 0.2) is 41.3 Å². The van der Waals surface area contributed by atoms with Crippen LogP contribution in [0, 0.1) is 18.3 Å². The number of aryl methyl sites for hydroxylation is 1. The number of carbonyl (C=O) groups is 1. The maximum Gasteiger partial charge on any atom is 0.266 e. The summed E-state index contributed by atoms with van der Waals surface area (Å²) in [6.45, 7) is 1.93. The molecule has 0 unspecified atom stereocenters. The quantitative estimate of drug-likeness (QED) is 0.680. The van der Waals surface area contributed by atoms with Crippen LogP contribution in [0.25, 0.3) is 6.08 Å². The lowest BCUT2D eigenvalue weighted by Gasteiger charge is -2.05. The highest BCUT2D eigenvalue weighted by Gasteiger charge is 2.12. The molecule has 0 saturated carbocycles. The van der Waals surface area contributed by atoms with Gasteiger partial charge in [0, 0.05) is 4.88 Å². The molecule has 3 nitrogen and oxygen atoms in total. The van der Waals surface area contributed by atoms with Crippen molar-refractivity contribution in [3.63, 3.8) is 0 Å². The first-order valence-electron chi connectivity index (χ1n) is 5.83. The molecule has 0 aliphatic rings. The van der Waals surface area contributed by atoms with Gasteiger partial charge in [0.25, 0.3) is 5.91 Å². The Hall–Kier alpha value is -2.09. The van der Waals surface area contributed by atoms with Gasteiger partial charge in [-0.25, -0.2) is 0 Å². The Kier molecular flexibility index (Phi) is 4.57. The highest BCUT2D eigenvalue weighted by atomic mass is 35.5. The first-order valence-corrected chi connectivity index (χ1v) is 7.09. The zero-order valence-electron chi connectivity index (χ0n) is 10.7. The lowest BCUT2D eigenvalue weighted by atomic mass is 10.2. The van der Waals surface area contributed by atoms with Crippen LogP contribution in [0.5, 0.6) is 0 Å². The largest absolute Gasteiger partial charge is 0.320 e. The Bertz CT molecular complexity index is 713. The third-order valence-electron chi connectivity index (χ3n) is 2.66. The molecule has 0 fully saturated rings. The van der Waals surface area contributed by atoms with E-state index >= 15 is 0 Å². The van der Waals surface area contributed by atoms with E-state index in [1.165, 1.54) is 11.3 Å². The molecule has 1 heterocycles. The molecule has 5 heteroatoms. The van der Waals surface area contributed by atoms with Gasteiger partial charge in [-0.05, 0) is 42.1 Å². The van der Waals surface area contributed by atoms with Gasteiger partial charge in [0.05, 0.1) is 10.7 Å². The fourth-order valence-electron chi connectivity index (χ4n) is 1.56. The van der Waals surface area contributed by atoms with E-state index in [1.807, 2.05) is 24.4 Å². The molecule has 0 spiro atoms. The Morgan fingerprint density at radius 3 is 2.75 bits per heavy atom. The lowest BCUT2D eigenvalue weighted by molar-refractivity contribution is -0.112. The fraction of sp³-hybridized carbons (Fsp3) is 0.0667. The summed E-state index contributed by atoms with van der Waals surface area (Å²) < 4.78 is 0. The van der Waals surface area contributed by atoms with Crippen molar-refractivity contribution in [1.82, 2.24) is 0 Å². The van der Waals surface area contributed by atoms with Gasteiger partial charge in [-0.2, -0.15) is 5.26 Å². The normalized spacial score (nSPS) is 10.9. The number of halogens is 1. The Morgan fingerprint density at radius 1 is 1.40 bits per heavy atom. The zero-order valence-corrected chi connectivity index (χ0v) is 12.3. The maximum atomic E-state index is 12.1. The SMILES string of the molecule is Cc1ccsc1/C=C(/C#N)C(=O)Nc1ccccc1Cl. The molecule has 1 aromatic heterocycles. The van der Waals surface area contributed by atoms with Crippen molar-refractivity contribution in [1.29, 1.82) is 5.26 Å². The smallest absolute Gasteiger partial charge is 0.266 e. The van der Waals surface area contributed by atoms with Crippen LogP contribution in [-0.4, -0.2) is 5.91 Å². The van der Waals surface area contributed by atoms with Crippen molar-refractivity contribution in [3.05, 3.63) is 56.7 Å². The first-order chi connectivity index (χ1) is 9.61. The van der Waals surface area contributed by atoms with Crippen LogP contribution < -0.4 is 5.32 Å². The second-order valence-corrected chi connectivity index (χ2v) is 5.43. The fourth-order valence-corrected chi connectivity index (χ4v) is 2.61. The van der Waals surface area contributed by atoms with Crippen LogP contribution in [0.2, 0.25) is 5.02 Å². The van der Waals surface area contributed by atoms with Crippen LogP contribution >= 0.6 is 22.9 Å². The van der Waals surface area contributed by atoms with Crippen LogP contribution in [-0.2, 0) is 4.79 Å². The summed E-state index contributed by atoms with van der Waals surface area (Å²) >= 11 is 7.46. The maximum absolute atomic E-state index is 12.1. The minimum atomic E-state index is -0.464. The molecule has 0 aliphatic heterocycles. The number of thiophene rings is 1. The number of nitrogens with zero attached hydrogens (tertiary/aromatic N) is 1. The number of hydrogen-bond acceptors (Lipinski definition) is 3. The van der Waals surface area contributed by atoms with E-state index in [2.05, 4.69) is 5.32 Å². The Labute approximate surface area is 126 Å². The van der Waals surface area contributed by atoms with Gasteiger partial charge in [0.15, 0.2) is 0 Å². The van der Waals surface area contributed by atoms with E-state index in [0.717, 1.165) is 10.4 Å². The first kappa shape index (κ1) is 14.3. The molecule has 1 aromatic carbocycles. The number of rotatable bonds is 3. The highest BCUT2D eigenvalue weighted by molar-refractivity contribution is 7.11. The van der Waals surface area contributed by atoms with Crippen LogP contribution in [0.3, 0.4) is 0 Å². The van der Waals surface area contributed by atoms with Crippen molar-refractivity contribution < 1.29 is 4.79 Å². The summed E-state index contributed by atoms with van der Waals surface area (Å²) in [4.78, 5) is 13.0. The molecule has 20 heavy (non-hydrogen) atoms. The number of para-hydroxylation sites is 1. The molecule has 1 N–H and O–H groups in total. The molecular formula is C15H11ClN2OS. The van der Waals surface area contributed by atoms with Crippen LogP contribution in [0.1, 0.15) is 10.4 Å². The topological polar surface area (TPSA) is 52.9 Å². The van der Waals surface area contributed by atoms with E-state index in [9.17, 15) is 4.79 Å². The van der Waals surface area contributed by atoms with Crippen molar-refractivity contribution >= 4 is 40.6 Å². The molecule has 0 atom stereocenters. The predicted octanol–water partition coefficient (Wildman–Crippen LogP) is 4.26. The number of amides is 1. The minimum absolute atomic E-state index is 0.0514. The third kappa shape index (κ3) is 3.27. The number of hydrogen-bond donors (Lipinski definition) is 1. The molecule has 0 radical (unpaired) electrons. The summed E-state index contributed by atoms with van der Waals surface area (Å²) in [6, 6.07) is 10.8. The number of benzene rings is 1. The van der Waals surface area contributed by atoms with Gasteiger partial charge in [0.2, 0.25) is 0 Å². The minimum Gasteiger partial charge on any atom is -0.320 e. The molecule has 2 aromatic rings. The van der Waals surface area contributed by atoms with Gasteiger partial charge in [-0.3, -0.25) is 4.79 Å². The molecular weight excluding hydrogens is 292 g/mol. The second kappa shape index (κ2) is 6.38. The molecule has 2 rings (SSSR count). The average Bonchev–Trinajstić information content (AvgIpc) is 2.84. The summed E-state index contributed by atoms with van der Waals surface area (Å²) in [5.41, 5.74) is 1.58. The summed E-state index contributed by atoms with van der Waals surface area (Å²) in [5.74, 6) is -0.464. The summed E-state index contributed by atoms with van der Waals surface area (Å²) in [5, 5.41) is 14.1. The van der Waals surface area contributed by atoms with E-state index in [0.29, 0.717) is 10.7 Å². The Morgan fingerprint density at radius 2 is 2.15 bits per heavy atom. The summed E-state index contributed by atoms with van der Waals surface area (Å²) in [6.07, 6.45) is 1.59. The zero-order chi connectivity index (χ0) is 14.5. The number of anilines is 1. The number of carbonyl (C=O) groups excluding carboxylic acids is 1. The standard InChI is InChI=1S/C15H11ClN2OS/c1-10-6-7-20-14(10)8-11(9-17)15(19)18-13-5-3-2-4-12(13)16/h2-8H,1H3,(H,18,19)/b11-8-. The number of nitriles is 1. The molecule has 0 saturated heterocycles. The van der Waals surface area contributed by atoms with Crippen molar-refractivity contribution in [2.24, 2.45) is 0 Å². The predicted molar refractivity (Wildman–Crippen MR) is 82.7 cm³/mol. The molecule has 100 valence electrons. The molecule has 0 bridgehead atoms. The van der Waals surface area contributed by atoms with E-state index in [4.69, 9.17) is 16.9 Å². The molecule has 1 amide bonds. The van der Waals surface area contributed by atoms with E-state index < -0.39 is 5.91 Å². The van der Waals surface area contributed by atoms with Crippen molar-refractivity contribution in [3.8, 4) is 6.07 Å². The average molecular weight is 303 g/mol. The van der Waals surface area contributed by atoms with E-state index in [1.54, 1.807) is 30.3 Å². The van der Waals surface area contributed by atoms with Gasteiger partial charge < -0.3 is 5.32 Å². The second-order valence-electron chi connectivity index (χ2n) is 4.07. The summed E-state index contributed by atoms with van der Waals surface area (Å²) in [7, 11) is 0. The van der Waals surface area contributed by atoms with Gasteiger partial charge >= 0.3 is 0 Å². The number of nitrogens with one attached hydrogen (secondary N) is 1. The molecule has 0 aliphatic carbocycles. The monoisotopic (exact) mass is 302 g/mol. The Balaban J connectivity index is 2.23.